The van der Waals surface area contributed by atoms with Crippen LogP contribution in [0.3, 0.4) is 0 Å². The van der Waals surface area contributed by atoms with Crippen molar-refractivity contribution in [1.82, 2.24) is 35.9 Å². The Labute approximate surface area is 240 Å². The van der Waals surface area contributed by atoms with Crippen molar-refractivity contribution in [1.29, 1.82) is 0 Å². The Morgan fingerprint density at radius 3 is 2.59 bits per heavy atom. The second-order valence-electron chi connectivity index (χ2n) is 10.9. The number of Topliss-reactive ketones (excluding diaryl/α,β-unsaturated/α-hetero) is 1. The summed E-state index contributed by atoms with van der Waals surface area (Å²) in [7, 11) is 0. The average molecular weight is 564 g/mol. The van der Waals surface area contributed by atoms with Crippen molar-refractivity contribution >= 4 is 34.4 Å². The molecule has 0 aliphatic carbocycles. The van der Waals surface area contributed by atoms with Gasteiger partial charge in [0, 0.05) is 36.4 Å². The lowest BCUT2D eigenvalue weighted by Gasteiger charge is -2.27. The predicted molar refractivity (Wildman–Crippen MR) is 155 cm³/mol. The van der Waals surface area contributed by atoms with Crippen LogP contribution in [-0.2, 0) is 32.1 Å². The highest BCUT2D eigenvalue weighted by Crippen LogP contribution is 2.24. The number of nitrogens with zero attached hydrogens (tertiary/aromatic N) is 3. The van der Waals surface area contributed by atoms with Gasteiger partial charge < -0.3 is 20.9 Å². The third kappa shape index (κ3) is 7.80. The molecule has 2 aromatic heterocycles. The number of fused-ring (bicyclic) bond motifs is 3. The van der Waals surface area contributed by atoms with Crippen LogP contribution >= 0.6 is 0 Å². The van der Waals surface area contributed by atoms with Crippen LogP contribution in [0.1, 0.15) is 83.0 Å². The molecule has 0 saturated heterocycles. The van der Waals surface area contributed by atoms with E-state index in [1.807, 2.05) is 51.2 Å². The molecule has 0 fully saturated rings. The van der Waals surface area contributed by atoms with Gasteiger partial charge in [0.15, 0.2) is 0 Å². The summed E-state index contributed by atoms with van der Waals surface area (Å²) in [6.45, 7) is 5.80. The van der Waals surface area contributed by atoms with E-state index >= 15 is 0 Å². The zero-order valence-electron chi connectivity index (χ0n) is 24.1. The number of benzene rings is 1. The number of H-pyrrole nitrogens is 1. The molecule has 11 nitrogen and oxygen atoms in total. The van der Waals surface area contributed by atoms with E-state index in [9.17, 15) is 19.2 Å². The fourth-order valence-electron chi connectivity index (χ4n) is 5.21. The Balaban J connectivity index is 1.60. The van der Waals surface area contributed by atoms with E-state index in [0.717, 1.165) is 35.7 Å². The Kier molecular flexibility index (Phi) is 10.3. The molecule has 1 unspecified atom stereocenters. The van der Waals surface area contributed by atoms with Gasteiger partial charge in [-0.15, -0.1) is 5.10 Å². The van der Waals surface area contributed by atoms with E-state index < -0.39 is 24.0 Å². The molecule has 1 aliphatic heterocycles. The number of aromatic nitrogens is 4. The van der Waals surface area contributed by atoms with Gasteiger partial charge in [0.25, 0.3) is 0 Å². The summed E-state index contributed by atoms with van der Waals surface area (Å²) in [5.74, 6) is -0.854. The van der Waals surface area contributed by atoms with Gasteiger partial charge in [-0.05, 0) is 30.4 Å². The standard InChI is InChI=1S/C30H41N7O4/c1-4-19(3)28-26-17-37(36-35-26)18-27(39)32-24(14-8-6-7-11-21(38)5-2)29(40)33-25(30(41)34-28)15-20-16-31-23-13-10-9-12-22(20)23/h9-10,12-13,16-17,19,24-25,28,31H,4-8,11,14-15,18H2,1-3H3,(H,32,39)(H,33,40)(H,34,41)/t19?,24-,25-,28-/m0/s1. The minimum Gasteiger partial charge on any atom is -0.361 e. The number of para-hydroxylation sites is 1. The minimum atomic E-state index is -0.884. The second kappa shape index (κ2) is 14.0. The lowest BCUT2D eigenvalue weighted by Crippen LogP contribution is -2.55. The number of carbonyl (C=O) groups excluding carboxylic acids is 4. The molecule has 41 heavy (non-hydrogen) atoms. The van der Waals surface area contributed by atoms with Crippen LogP contribution in [0.25, 0.3) is 10.9 Å². The summed E-state index contributed by atoms with van der Waals surface area (Å²) in [4.78, 5) is 55.3. The molecule has 0 radical (unpaired) electrons. The molecule has 3 heterocycles. The van der Waals surface area contributed by atoms with Crippen LogP contribution < -0.4 is 16.0 Å². The molecule has 3 amide bonds. The van der Waals surface area contributed by atoms with E-state index in [2.05, 4.69) is 31.2 Å². The van der Waals surface area contributed by atoms with Gasteiger partial charge in [-0.2, -0.15) is 0 Å². The normalized spacial score (nSPS) is 20.8. The topological polar surface area (TPSA) is 151 Å². The fraction of sp³-hybridized carbons (Fsp3) is 0.533. The third-order valence-corrected chi connectivity index (χ3v) is 7.92. The van der Waals surface area contributed by atoms with Gasteiger partial charge in [-0.25, -0.2) is 4.68 Å². The molecule has 0 saturated carbocycles. The quantitative estimate of drug-likeness (QED) is 0.263. The van der Waals surface area contributed by atoms with Crippen molar-refractivity contribution in [2.75, 3.05) is 0 Å². The number of unbranched alkanes of at least 4 members (excludes halogenated alkanes) is 2. The highest BCUT2D eigenvalue weighted by Gasteiger charge is 2.32. The molecule has 3 aromatic rings. The van der Waals surface area contributed by atoms with Crippen molar-refractivity contribution < 1.29 is 19.2 Å². The van der Waals surface area contributed by atoms with Crippen LogP contribution in [0.5, 0.6) is 0 Å². The van der Waals surface area contributed by atoms with E-state index in [1.165, 1.54) is 4.68 Å². The molecule has 11 heteroatoms. The number of nitrogens with one attached hydrogen (secondary N) is 4. The smallest absolute Gasteiger partial charge is 0.243 e. The fourth-order valence-corrected chi connectivity index (χ4v) is 5.21. The van der Waals surface area contributed by atoms with Crippen molar-refractivity contribution in [2.45, 2.75) is 96.8 Å². The Hall–Kier alpha value is -4.02. The van der Waals surface area contributed by atoms with E-state index in [0.29, 0.717) is 31.4 Å². The van der Waals surface area contributed by atoms with Crippen LogP contribution in [-0.4, -0.2) is 55.6 Å². The van der Waals surface area contributed by atoms with Crippen molar-refractivity contribution in [3.63, 3.8) is 0 Å². The van der Waals surface area contributed by atoms with Crippen LogP contribution in [0.4, 0.5) is 0 Å². The van der Waals surface area contributed by atoms with Gasteiger partial charge in [0.1, 0.15) is 30.1 Å². The van der Waals surface area contributed by atoms with Gasteiger partial charge >= 0.3 is 0 Å². The molecule has 1 aliphatic rings. The molecule has 2 bridgehead atoms. The predicted octanol–water partition coefficient (Wildman–Crippen LogP) is 3.12. The first-order valence-electron chi connectivity index (χ1n) is 14.7. The highest BCUT2D eigenvalue weighted by molar-refractivity contribution is 5.93. The number of hydrogen-bond acceptors (Lipinski definition) is 6. The van der Waals surface area contributed by atoms with E-state index in [-0.39, 0.29) is 36.5 Å². The average Bonchev–Trinajstić information content (AvgIpc) is 3.60. The van der Waals surface area contributed by atoms with E-state index in [1.54, 1.807) is 6.20 Å². The Morgan fingerprint density at radius 2 is 1.80 bits per heavy atom. The van der Waals surface area contributed by atoms with Crippen molar-refractivity contribution in [2.24, 2.45) is 5.92 Å². The molecule has 220 valence electrons. The SMILES string of the molecule is CCC(=O)CCCCC[C@@H]1NC(=O)Cn2cc(nn2)[C@H](C(C)CC)NC(=O)[C@H](Cc2c[nH]c3ccccc23)NC1=O. The maximum absolute atomic E-state index is 13.8. The summed E-state index contributed by atoms with van der Waals surface area (Å²) < 4.78 is 1.43. The van der Waals surface area contributed by atoms with Gasteiger partial charge in [-0.1, -0.05) is 63.4 Å². The van der Waals surface area contributed by atoms with Crippen molar-refractivity contribution in [3.05, 3.63) is 47.9 Å². The molecular weight excluding hydrogens is 522 g/mol. The first-order valence-corrected chi connectivity index (χ1v) is 14.7. The van der Waals surface area contributed by atoms with Gasteiger partial charge in [0.2, 0.25) is 17.7 Å². The molecule has 0 spiro atoms. The summed E-state index contributed by atoms with van der Waals surface area (Å²) >= 11 is 0. The van der Waals surface area contributed by atoms with Crippen molar-refractivity contribution in [3.8, 4) is 0 Å². The van der Waals surface area contributed by atoms with Crippen LogP contribution in [0.2, 0.25) is 0 Å². The maximum Gasteiger partial charge on any atom is 0.243 e. The number of hydrogen-bond donors (Lipinski definition) is 4. The number of ketones is 1. The monoisotopic (exact) mass is 563 g/mol. The number of amides is 3. The summed E-state index contributed by atoms with van der Waals surface area (Å²) in [5.41, 5.74) is 2.41. The molecule has 4 N–H and O–H groups in total. The zero-order chi connectivity index (χ0) is 29.4. The first kappa shape index (κ1) is 30.0. The Morgan fingerprint density at radius 1 is 1.02 bits per heavy atom. The lowest BCUT2D eigenvalue weighted by molar-refractivity contribution is -0.132. The minimum absolute atomic E-state index is 0.0415. The molecule has 4 atom stereocenters. The van der Waals surface area contributed by atoms with Gasteiger partial charge in [0.05, 0.1) is 12.2 Å². The third-order valence-electron chi connectivity index (χ3n) is 7.92. The highest BCUT2D eigenvalue weighted by atomic mass is 16.2. The zero-order valence-corrected chi connectivity index (χ0v) is 24.1. The first-order chi connectivity index (χ1) is 19.8. The summed E-state index contributed by atoms with van der Waals surface area (Å²) in [5, 5.41) is 18.3. The van der Waals surface area contributed by atoms with Crippen LogP contribution in [0.15, 0.2) is 36.7 Å². The number of rotatable bonds is 11. The van der Waals surface area contributed by atoms with Crippen LogP contribution in [0, 0.1) is 5.92 Å². The Bertz CT molecular complexity index is 1360. The van der Waals surface area contributed by atoms with Gasteiger partial charge in [-0.3, -0.25) is 19.2 Å². The number of carbonyl (C=O) groups is 4. The molecular formula is C30H41N7O4. The number of aromatic amines is 1. The van der Waals surface area contributed by atoms with E-state index in [4.69, 9.17) is 0 Å². The summed E-state index contributed by atoms with van der Waals surface area (Å²) in [6.07, 6.45) is 8.15. The lowest BCUT2D eigenvalue weighted by atomic mass is 9.95. The maximum atomic E-state index is 13.8. The second-order valence-corrected chi connectivity index (χ2v) is 10.9. The summed E-state index contributed by atoms with van der Waals surface area (Å²) in [6, 6.07) is 5.66. The molecule has 4 rings (SSSR count). The largest absolute Gasteiger partial charge is 0.361 e. The molecule has 1 aromatic carbocycles.